The van der Waals surface area contributed by atoms with Gasteiger partial charge in [0.1, 0.15) is 18.0 Å². The lowest BCUT2D eigenvalue weighted by Gasteiger charge is -2.34. The molecule has 0 aliphatic carbocycles. The van der Waals surface area contributed by atoms with Crippen molar-refractivity contribution in [2.24, 2.45) is 0 Å². The zero-order chi connectivity index (χ0) is 24.1. The number of benzene rings is 2. The van der Waals surface area contributed by atoms with Crippen LogP contribution < -0.4 is 10.2 Å². The molecule has 3 aromatic rings. The number of halogens is 1. The Labute approximate surface area is 198 Å². The Kier molecular flexibility index (Phi) is 7.18. The second-order valence-electron chi connectivity index (χ2n) is 7.98. The molecule has 0 bridgehead atoms. The van der Waals surface area contributed by atoms with Gasteiger partial charge in [0, 0.05) is 49.9 Å². The second-order valence-corrected chi connectivity index (χ2v) is 9.92. The van der Waals surface area contributed by atoms with Gasteiger partial charge in [-0.05, 0) is 55.0 Å². The molecule has 4 rings (SSSR count). The highest BCUT2D eigenvalue weighted by Crippen LogP contribution is 2.24. The molecule has 10 heteroatoms. The molecule has 1 aliphatic heterocycles. The van der Waals surface area contributed by atoms with Gasteiger partial charge in [0.05, 0.1) is 10.6 Å². The van der Waals surface area contributed by atoms with Crippen molar-refractivity contribution < 1.29 is 17.6 Å². The van der Waals surface area contributed by atoms with Crippen molar-refractivity contribution in [1.29, 1.82) is 0 Å². The summed E-state index contributed by atoms with van der Waals surface area (Å²) < 4.78 is 40.9. The van der Waals surface area contributed by atoms with Crippen LogP contribution in [-0.2, 0) is 14.8 Å². The average Bonchev–Trinajstić information content (AvgIpc) is 2.85. The Hall–Kier alpha value is -3.37. The third kappa shape index (κ3) is 5.40. The number of nitrogens with zero attached hydrogens (tertiary/aromatic N) is 4. The smallest absolute Gasteiger partial charge is 0.243 e. The largest absolute Gasteiger partial charge is 0.354 e. The number of carbonyl (C=O) groups excluding carboxylic acids is 1. The van der Waals surface area contributed by atoms with E-state index in [1.807, 2.05) is 17.9 Å². The standard InChI is InChI=1S/C24H26FN5O3S/c1-2-3-24(31)28-20-8-10-21(11-9-20)34(32,33)30-14-12-29(13-15-30)23-16-22(26-17-27-23)18-4-6-19(25)7-5-18/h4-11,16-17H,2-3,12-15H2,1H3,(H,28,31). The third-order valence-electron chi connectivity index (χ3n) is 5.61. The Morgan fingerprint density at radius 1 is 1.00 bits per heavy atom. The van der Waals surface area contributed by atoms with Gasteiger partial charge in [0.25, 0.3) is 0 Å². The molecule has 0 unspecified atom stereocenters. The van der Waals surface area contributed by atoms with Crippen LogP contribution in [0.4, 0.5) is 15.9 Å². The van der Waals surface area contributed by atoms with Crippen LogP contribution in [0.2, 0.25) is 0 Å². The van der Waals surface area contributed by atoms with E-state index in [9.17, 15) is 17.6 Å². The van der Waals surface area contributed by atoms with Gasteiger partial charge in [-0.15, -0.1) is 0 Å². The summed E-state index contributed by atoms with van der Waals surface area (Å²) in [5.74, 6) is 0.284. The van der Waals surface area contributed by atoms with Crippen LogP contribution in [0.25, 0.3) is 11.3 Å². The number of piperazine rings is 1. The molecule has 2 aromatic carbocycles. The fourth-order valence-electron chi connectivity index (χ4n) is 3.77. The number of hydrogen-bond donors (Lipinski definition) is 1. The summed E-state index contributed by atoms with van der Waals surface area (Å²) in [6.07, 6.45) is 2.62. The normalized spacial score (nSPS) is 14.7. The minimum atomic E-state index is -3.65. The van der Waals surface area contributed by atoms with E-state index < -0.39 is 10.0 Å². The molecule has 1 saturated heterocycles. The molecular weight excluding hydrogens is 457 g/mol. The number of anilines is 2. The van der Waals surface area contributed by atoms with Gasteiger partial charge in [-0.3, -0.25) is 4.79 Å². The second kappa shape index (κ2) is 10.3. The van der Waals surface area contributed by atoms with E-state index in [4.69, 9.17) is 0 Å². The highest BCUT2D eigenvalue weighted by Gasteiger charge is 2.29. The first-order valence-electron chi connectivity index (χ1n) is 11.1. The summed E-state index contributed by atoms with van der Waals surface area (Å²) in [5.41, 5.74) is 2.02. The molecule has 34 heavy (non-hydrogen) atoms. The predicted octanol–water partition coefficient (Wildman–Crippen LogP) is 3.53. The molecule has 178 valence electrons. The third-order valence-corrected chi connectivity index (χ3v) is 7.52. The highest BCUT2D eigenvalue weighted by molar-refractivity contribution is 7.89. The van der Waals surface area contributed by atoms with Crippen LogP contribution in [-0.4, -0.2) is 54.8 Å². The lowest BCUT2D eigenvalue weighted by atomic mass is 10.1. The highest BCUT2D eigenvalue weighted by atomic mass is 32.2. The van der Waals surface area contributed by atoms with Crippen molar-refractivity contribution in [3.8, 4) is 11.3 Å². The summed E-state index contributed by atoms with van der Waals surface area (Å²) >= 11 is 0. The lowest BCUT2D eigenvalue weighted by Crippen LogP contribution is -2.48. The molecule has 1 fully saturated rings. The maximum absolute atomic E-state index is 13.2. The van der Waals surface area contributed by atoms with Crippen LogP contribution in [0.3, 0.4) is 0 Å². The number of rotatable bonds is 7. The van der Waals surface area contributed by atoms with E-state index in [0.29, 0.717) is 49.8 Å². The summed E-state index contributed by atoms with van der Waals surface area (Å²) in [5, 5.41) is 2.76. The summed E-state index contributed by atoms with van der Waals surface area (Å²) in [7, 11) is -3.65. The molecular formula is C24H26FN5O3S. The first-order valence-corrected chi connectivity index (χ1v) is 12.5. The fourth-order valence-corrected chi connectivity index (χ4v) is 5.19. The van der Waals surface area contributed by atoms with E-state index >= 15 is 0 Å². The molecule has 1 amide bonds. The number of carbonyl (C=O) groups is 1. The summed E-state index contributed by atoms with van der Waals surface area (Å²) in [4.78, 5) is 22.5. The first-order chi connectivity index (χ1) is 16.4. The maximum Gasteiger partial charge on any atom is 0.243 e. The number of hydrogen-bond acceptors (Lipinski definition) is 6. The monoisotopic (exact) mass is 483 g/mol. The molecule has 1 aliphatic rings. The Bertz CT molecular complexity index is 1240. The van der Waals surface area contributed by atoms with Crippen LogP contribution >= 0.6 is 0 Å². The molecule has 2 heterocycles. The molecule has 0 saturated carbocycles. The molecule has 0 spiro atoms. The molecule has 0 radical (unpaired) electrons. The first kappa shape index (κ1) is 23.8. The predicted molar refractivity (Wildman–Crippen MR) is 128 cm³/mol. The van der Waals surface area contributed by atoms with Gasteiger partial charge in [-0.2, -0.15) is 4.31 Å². The minimum absolute atomic E-state index is 0.0958. The average molecular weight is 484 g/mol. The van der Waals surface area contributed by atoms with Gasteiger partial charge < -0.3 is 10.2 Å². The fraction of sp³-hybridized carbons (Fsp3) is 0.292. The van der Waals surface area contributed by atoms with Gasteiger partial charge in [0.15, 0.2) is 0 Å². The summed E-state index contributed by atoms with van der Waals surface area (Å²) in [6.45, 7) is 3.50. The topological polar surface area (TPSA) is 95.5 Å². The quantitative estimate of drug-likeness (QED) is 0.552. The van der Waals surface area contributed by atoms with Crippen molar-refractivity contribution in [2.45, 2.75) is 24.7 Å². The van der Waals surface area contributed by atoms with Crippen LogP contribution in [0.5, 0.6) is 0 Å². The van der Waals surface area contributed by atoms with Gasteiger partial charge >= 0.3 is 0 Å². The molecule has 1 aromatic heterocycles. The summed E-state index contributed by atoms with van der Waals surface area (Å²) in [6, 6.07) is 14.1. The van der Waals surface area contributed by atoms with E-state index in [0.717, 1.165) is 12.0 Å². The van der Waals surface area contributed by atoms with Gasteiger partial charge in [0.2, 0.25) is 15.9 Å². The van der Waals surface area contributed by atoms with E-state index in [2.05, 4.69) is 15.3 Å². The van der Waals surface area contributed by atoms with Crippen LogP contribution in [0.1, 0.15) is 19.8 Å². The van der Waals surface area contributed by atoms with Crippen molar-refractivity contribution in [2.75, 3.05) is 36.4 Å². The van der Waals surface area contributed by atoms with Crippen molar-refractivity contribution in [1.82, 2.24) is 14.3 Å². The SMILES string of the molecule is CCCC(=O)Nc1ccc(S(=O)(=O)N2CCN(c3cc(-c4ccc(F)cc4)ncn3)CC2)cc1. The maximum atomic E-state index is 13.2. The lowest BCUT2D eigenvalue weighted by molar-refractivity contribution is -0.116. The Morgan fingerprint density at radius 3 is 2.32 bits per heavy atom. The number of nitrogens with one attached hydrogen (secondary N) is 1. The minimum Gasteiger partial charge on any atom is -0.354 e. The van der Waals surface area contributed by atoms with Crippen molar-refractivity contribution >= 4 is 27.4 Å². The molecule has 8 nitrogen and oxygen atoms in total. The van der Waals surface area contributed by atoms with E-state index in [-0.39, 0.29) is 16.6 Å². The molecule has 0 atom stereocenters. The van der Waals surface area contributed by atoms with E-state index in [1.54, 1.807) is 24.3 Å². The zero-order valence-corrected chi connectivity index (χ0v) is 19.6. The number of sulfonamides is 1. The van der Waals surface area contributed by atoms with Crippen molar-refractivity contribution in [3.63, 3.8) is 0 Å². The zero-order valence-electron chi connectivity index (χ0n) is 18.8. The van der Waals surface area contributed by atoms with Crippen molar-refractivity contribution in [3.05, 3.63) is 66.7 Å². The van der Waals surface area contributed by atoms with E-state index in [1.165, 1.54) is 34.9 Å². The number of aromatic nitrogens is 2. The Morgan fingerprint density at radius 2 is 1.68 bits per heavy atom. The molecule has 1 N–H and O–H groups in total. The number of amides is 1. The van der Waals surface area contributed by atoms with Crippen LogP contribution in [0, 0.1) is 5.82 Å². The Balaban J connectivity index is 1.41. The van der Waals surface area contributed by atoms with Gasteiger partial charge in [-0.1, -0.05) is 6.92 Å². The van der Waals surface area contributed by atoms with Crippen LogP contribution in [0.15, 0.2) is 65.8 Å². The van der Waals surface area contributed by atoms with Gasteiger partial charge in [-0.25, -0.2) is 22.8 Å².